The van der Waals surface area contributed by atoms with Gasteiger partial charge in [-0.25, -0.2) is 0 Å². The first-order chi connectivity index (χ1) is 8.97. The van der Waals surface area contributed by atoms with Crippen LogP contribution in [0.4, 0.5) is 11.4 Å². The summed E-state index contributed by atoms with van der Waals surface area (Å²) in [5.41, 5.74) is 11.9. The predicted molar refractivity (Wildman–Crippen MR) is 69.2 cm³/mol. The van der Waals surface area contributed by atoms with Gasteiger partial charge in [0.25, 0.3) is 5.91 Å². The fourth-order valence-corrected chi connectivity index (χ4v) is 1.91. The lowest BCUT2D eigenvalue weighted by Gasteiger charge is -2.23. The first-order valence-electron chi connectivity index (χ1n) is 5.77. The van der Waals surface area contributed by atoms with Gasteiger partial charge in [0.2, 0.25) is 11.8 Å². The van der Waals surface area contributed by atoms with Gasteiger partial charge in [0, 0.05) is 17.8 Å². The Morgan fingerprint density at radius 2 is 2.11 bits per heavy atom. The van der Waals surface area contributed by atoms with Gasteiger partial charge in [0.1, 0.15) is 6.04 Å². The van der Waals surface area contributed by atoms with Gasteiger partial charge < -0.3 is 16.8 Å². The van der Waals surface area contributed by atoms with Crippen LogP contribution in [-0.2, 0) is 9.59 Å². The van der Waals surface area contributed by atoms with Crippen molar-refractivity contribution in [3.05, 3.63) is 23.8 Å². The molecule has 1 fully saturated rings. The molecule has 3 amide bonds. The lowest BCUT2D eigenvalue weighted by Crippen LogP contribution is -2.47. The third-order valence-corrected chi connectivity index (χ3v) is 2.88. The number of piperidine rings is 1. The number of nitrogen functional groups attached to an aromatic ring is 1. The predicted octanol–water partition coefficient (Wildman–Crippen LogP) is -0.415. The highest BCUT2D eigenvalue weighted by Gasteiger charge is 2.27. The largest absolute Gasteiger partial charge is 0.399 e. The van der Waals surface area contributed by atoms with Crippen molar-refractivity contribution in [2.45, 2.75) is 18.9 Å². The minimum Gasteiger partial charge on any atom is -0.399 e. The quantitative estimate of drug-likeness (QED) is 0.435. The van der Waals surface area contributed by atoms with Gasteiger partial charge in [0.15, 0.2) is 0 Å². The second-order valence-corrected chi connectivity index (χ2v) is 4.32. The molecule has 7 heteroatoms. The van der Waals surface area contributed by atoms with Crippen molar-refractivity contribution in [1.82, 2.24) is 5.32 Å². The molecule has 1 aromatic carbocycles. The van der Waals surface area contributed by atoms with Crippen molar-refractivity contribution in [3.8, 4) is 0 Å². The SMILES string of the molecule is NC(=O)c1cc(N)ccc1NC1CCC(=O)NC1=O. The van der Waals surface area contributed by atoms with E-state index < -0.39 is 17.9 Å². The van der Waals surface area contributed by atoms with E-state index in [2.05, 4.69) is 10.6 Å². The molecule has 1 aromatic rings. The van der Waals surface area contributed by atoms with Crippen molar-refractivity contribution in [3.63, 3.8) is 0 Å². The van der Waals surface area contributed by atoms with E-state index in [1.807, 2.05) is 0 Å². The van der Waals surface area contributed by atoms with Crippen LogP contribution in [0.15, 0.2) is 18.2 Å². The summed E-state index contributed by atoms with van der Waals surface area (Å²) in [5.74, 6) is -1.35. The first kappa shape index (κ1) is 12.9. The van der Waals surface area contributed by atoms with Gasteiger partial charge in [-0.05, 0) is 24.6 Å². The van der Waals surface area contributed by atoms with Crippen LogP contribution in [0.3, 0.4) is 0 Å². The number of amides is 3. The van der Waals surface area contributed by atoms with Gasteiger partial charge >= 0.3 is 0 Å². The lowest BCUT2D eigenvalue weighted by molar-refractivity contribution is -0.133. The molecular formula is C12H14N4O3. The molecule has 0 radical (unpaired) electrons. The number of nitrogens with one attached hydrogen (secondary N) is 2. The van der Waals surface area contributed by atoms with Crippen molar-refractivity contribution in [1.29, 1.82) is 0 Å². The number of benzene rings is 1. The maximum Gasteiger partial charge on any atom is 0.250 e. The Hall–Kier alpha value is -2.57. The Balaban J connectivity index is 2.21. The number of carbonyl (C=O) groups excluding carboxylic acids is 3. The highest BCUT2D eigenvalue weighted by Crippen LogP contribution is 2.21. The number of carbonyl (C=O) groups is 3. The van der Waals surface area contributed by atoms with Crippen LogP contribution >= 0.6 is 0 Å². The Labute approximate surface area is 109 Å². The van der Waals surface area contributed by atoms with E-state index in [1.54, 1.807) is 12.1 Å². The van der Waals surface area contributed by atoms with Crippen molar-refractivity contribution in [2.75, 3.05) is 11.1 Å². The molecule has 0 bridgehead atoms. The third-order valence-electron chi connectivity index (χ3n) is 2.88. The number of imide groups is 1. The zero-order valence-electron chi connectivity index (χ0n) is 10.1. The zero-order chi connectivity index (χ0) is 14.0. The minimum atomic E-state index is -0.637. The molecule has 0 saturated carbocycles. The van der Waals surface area contributed by atoms with Crippen molar-refractivity contribution in [2.24, 2.45) is 5.73 Å². The summed E-state index contributed by atoms with van der Waals surface area (Å²) < 4.78 is 0. The summed E-state index contributed by atoms with van der Waals surface area (Å²) in [6.07, 6.45) is 0.623. The van der Waals surface area contributed by atoms with E-state index in [1.165, 1.54) is 6.07 Å². The van der Waals surface area contributed by atoms with Crippen LogP contribution in [0.2, 0.25) is 0 Å². The molecule has 0 aliphatic carbocycles. The molecular weight excluding hydrogens is 248 g/mol. The maximum atomic E-state index is 11.6. The van der Waals surface area contributed by atoms with Gasteiger partial charge in [-0.3, -0.25) is 19.7 Å². The number of hydrogen-bond donors (Lipinski definition) is 4. The molecule has 1 aliphatic heterocycles. The van der Waals surface area contributed by atoms with Crippen LogP contribution in [0.5, 0.6) is 0 Å². The Morgan fingerprint density at radius 3 is 2.74 bits per heavy atom. The average molecular weight is 262 g/mol. The Morgan fingerprint density at radius 1 is 1.37 bits per heavy atom. The minimum absolute atomic E-state index is 0.213. The van der Waals surface area contributed by atoms with Gasteiger partial charge in [-0.2, -0.15) is 0 Å². The fourth-order valence-electron chi connectivity index (χ4n) is 1.91. The monoisotopic (exact) mass is 262 g/mol. The molecule has 1 atom stereocenters. The molecule has 1 heterocycles. The van der Waals surface area contributed by atoms with Crippen LogP contribution in [0, 0.1) is 0 Å². The molecule has 1 unspecified atom stereocenters. The van der Waals surface area contributed by atoms with Gasteiger partial charge in [0.05, 0.1) is 5.56 Å². The van der Waals surface area contributed by atoms with Crippen LogP contribution < -0.4 is 22.1 Å². The topological polar surface area (TPSA) is 127 Å². The number of hydrogen-bond acceptors (Lipinski definition) is 5. The van der Waals surface area contributed by atoms with Crippen LogP contribution in [0.25, 0.3) is 0 Å². The van der Waals surface area contributed by atoms with Crippen LogP contribution in [-0.4, -0.2) is 23.8 Å². The highest BCUT2D eigenvalue weighted by atomic mass is 16.2. The van der Waals surface area contributed by atoms with E-state index in [0.29, 0.717) is 17.8 Å². The Bertz CT molecular complexity index is 556. The second-order valence-electron chi connectivity index (χ2n) is 4.32. The van der Waals surface area contributed by atoms with E-state index in [0.717, 1.165) is 0 Å². The summed E-state index contributed by atoms with van der Waals surface area (Å²) in [5, 5.41) is 5.14. The summed E-state index contributed by atoms with van der Waals surface area (Å²) in [4.78, 5) is 34.0. The Kier molecular flexibility index (Phi) is 3.37. The van der Waals surface area contributed by atoms with Crippen molar-refractivity contribution >= 4 is 29.1 Å². The molecule has 0 aromatic heterocycles. The van der Waals surface area contributed by atoms with E-state index >= 15 is 0 Å². The highest BCUT2D eigenvalue weighted by molar-refractivity contribution is 6.03. The fraction of sp³-hybridized carbons (Fsp3) is 0.250. The second kappa shape index (κ2) is 4.97. The number of rotatable bonds is 3. The van der Waals surface area contributed by atoms with E-state index in [9.17, 15) is 14.4 Å². The zero-order valence-corrected chi connectivity index (χ0v) is 10.1. The molecule has 7 nitrogen and oxygen atoms in total. The molecule has 1 aliphatic rings. The summed E-state index contributed by atoms with van der Waals surface area (Å²) in [6, 6.07) is 4.05. The lowest BCUT2D eigenvalue weighted by atomic mass is 10.0. The molecule has 19 heavy (non-hydrogen) atoms. The number of primary amides is 1. The van der Waals surface area contributed by atoms with Crippen molar-refractivity contribution < 1.29 is 14.4 Å². The third kappa shape index (κ3) is 2.82. The first-order valence-corrected chi connectivity index (χ1v) is 5.77. The maximum absolute atomic E-state index is 11.6. The number of nitrogens with two attached hydrogens (primary N) is 2. The smallest absolute Gasteiger partial charge is 0.250 e. The van der Waals surface area contributed by atoms with Gasteiger partial charge in [-0.1, -0.05) is 0 Å². The summed E-state index contributed by atoms with van der Waals surface area (Å²) in [7, 11) is 0. The normalized spacial score (nSPS) is 18.8. The molecule has 0 spiro atoms. The molecule has 2 rings (SSSR count). The van der Waals surface area contributed by atoms with E-state index in [4.69, 9.17) is 11.5 Å². The molecule has 6 N–H and O–H groups in total. The standard InChI is InChI=1S/C12H14N4O3/c13-6-1-2-8(7(5-6)11(14)18)15-9-3-4-10(17)16-12(9)19/h1-2,5,9,15H,3-4,13H2,(H2,14,18)(H,16,17,19). The molecule has 100 valence electrons. The van der Waals surface area contributed by atoms with E-state index in [-0.39, 0.29) is 17.9 Å². The summed E-state index contributed by atoms with van der Waals surface area (Å²) in [6.45, 7) is 0. The van der Waals surface area contributed by atoms with Gasteiger partial charge in [-0.15, -0.1) is 0 Å². The molecule has 1 saturated heterocycles. The van der Waals surface area contributed by atoms with Crippen LogP contribution in [0.1, 0.15) is 23.2 Å². The summed E-state index contributed by atoms with van der Waals surface area (Å²) >= 11 is 0. The number of anilines is 2. The average Bonchev–Trinajstić information content (AvgIpc) is 2.34.